The summed E-state index contributed by atoms with van der Waals surface area (Å²) in [6, 6.07) is 12.0. The topological polar surface area (TPSA) is 97.3 Å². The summed E-state index contributed by atoms with van der Waals surface area (Å²) in [5, 5.41) is 21.2. The van der Waals surface area contributed by atoms with Crippen molar-refractivity contribution >= 4 is 5.84 Å². The van der Waals surface area contributed by atoms with Crippen LogP contribution in [0.4, 0.5) is 0 Å². The van der Waals surface area contributed by atoms with Crippen LogP contribution in [0.3, 0.4) is 0 Å². The first-order valence-corrected chi connectivity index (χ1v) is 6.22. The van der Waals surface area contributed by atoms with Crippen molar-refractivity contribution in [1.29, 1.82) is 0 Å². The van der Waals surface area contributed by atoms with Crippen LogP contribution in [0.2, 0.25) is 0 Å². The second kappa shape index (κ2) is 6.62. The quantitative estimate of drug-likeness (QED) is 0.339. The van der Waals surface area contributed by atoms with Crippen molar-refractivity contribution < 1.29 is 19.8 Å². The Morgan fingerprint density at radius 1 is 1.19 bits per heavy atom. The molecule has 0 aliphatic heterocycles. The van der Waals surface area contributed by atoms with Gasteiger partial charge in [-0.05, 0) is 18.2 Å². The average molecular weight is 288 g/mol. The molecule has 0 amide bonds. The molecule has 0 aliphatic carbocycles. The predicted molar refractivity (Wildman–Crippen MR) is 77.9 cm³/mol. The molecular formula is C15H16N2O4. The van der Waals surface area contributed by atoms with E-state index in [1.165, 1.54) is 7.11 Å². The number of methoxy groups -OCH3 is 1. The van der Waals surface area contributed by atoms with E-state index in [0.717, 1.165) is 0 Å². The van der Waals surface area contributed by atoms with Crippen molar-refractivity contribution in [1.82, 2.24) is 0 Å². The number of aliphatic hydroxyl groups is 1. The molecule has 0 bridgehead atoms. The van der Waals surface area contributed by atoms with Gasteiger partial charge in [0.15, 0.2) is 5.84 Å². The Hall–Kier alpha value is -2.73. The number of ether oxygens (including phenoxy) is 2. The number of amidine groups is 1. The third-order valence-electron chi connectivity index (χ3n) is 2.94. The van der Waals surface area contributed by atoms with Gasteiger partial charge in [-0.3, -0.25) is 0 Å². The molecule has 2 aromatic carbocycles. The van der Waals surface area contributed by atoms with E-state index in [1.807, 2.05) is 0 Å². The average Bonchev–Trinajstić information content (AvgIpc) is 2.54. The molecule has 0 spiro atoms. The molecule has 4 N–H and O–H groups in total. The van der Waals surface area contributed by atoms with E-state index in [9.17, 15) is 5.11 Å². The van der Waals surface area contributed by atoms with Gasteiger partial charge in [-0.1, -0.05) is 23.4 Å². The number of hydrogen-bond donors (Lipinski definition) is 3. The predicted octanol–water partition coefficient (Wildman–Crippen LogP) is 2.07. The van der Waals surface area contributed by atoms with Gasteiger partial charge >= 0.3 is 0 Å². The minimum atomic E-state index is -0.154. The maximum Gasteiger partial charge on any atom is 0.173 e. The lowest BCUT2D eigenvalue weighted by Crippen LogP contribution is -2.14. The molecule has 0 aromatic heterocycles. The largest absolute Gasteiger partial charge is 0.497 e. The first-order valence-electron chi connectivity index (χ1n) is 6.22. The Morgan fingerprint density at radius 2 is 1.95 bits per heavy atom. The Kier molecular flexibility index (Phi) is 4.63. The summed E-state index contributed by atoms with van der Waals surface area (Å²) in [7, 11) is 1.53. The lowest BCUT2D eigenvalue weighted by Gasteiger charge is -2.14. The minimum Gasteiger partial charge on any atom is -0.497 e. The van der Waals surface area contributed by atoms with Crippen LogP contribution in [0.5, 0.6) is 17.2 Å². The number of oxime groups is 1. The molecule has 110 valence electrons. The van der Waals surface area contributed by atoms with E-state index in [1.54, 1.807) is 42.5 Å². The highest BCUT2D eigenvalue weighted by Crippen LogP contribution is 2.31. The second-order valence-electron chi connectivity index (χ2n) is 4.22. The first-order chi connectivity index (χ1) is 10.2. The van der Waals surface area contributed by atoms with Gasteiger partial charge in [0.25, 0.3) is 0 Å². The monoisotopic (exact) mass is 288 g/mol. The molecule has 6 heteroatoms. The van der Waals surface area contributed by atoms with Crippen LogP contribution in [0.25, 0.3) is 0 Å². The van der Waals surface area contributed by atoms with Crippen LogP contribution in [0.1, 0.15) is 11.1 Å². The smallest absolute Gasteiger partial charge is 0.173 e. The summed E-state index contributed by atoms with van der Waals surface area (Å²) in [6.07, 6.45) is 0. The van der Waals surface area contributed by atoms with E-state index in [0.29, 0.717) is 28.4 Å². The first kappa shape index (κ1) is 14.7. The van der Waals surface area contributed by atoms with Crippen LogP contribution >= 0.6 is 0 Å². The molecule has 0 aliphatic rings. The van der Waals surface area contributed by atoms with Gasteiger partial charge in [-0.15, -0.1) is 0 Å². The molecule has 6 nitrogen and oxygen atoms in total. The normalized spacial score (nSPS) is 11.2. The zero-order chi connectivity index (χ0) is 15.2. The number of rotatable bonds is 5. The Labute approximate surface area is 122 Å². The highest BCUT2D eigenvalue weighted by atomic mass is 16.5. The highest BCUT2D eigenvalue weighted by Gasteiger charge is 2.12. The number of benzene rings is 2. The lowest BCUT2D eigenvalue weighted by atomic mass is 10.1. The number of nitrogens with two attached hydrogens (primary N) is 1. The van der Waals surface area contributed by atoms with E-state index in [4.69, 9.17) is 20.4 Å². The summed E-state index contributed by atoms with van der Waals surface area (Å²) in [4.78, 5) is 0. The van der Waals surface area contributed by atoms with Crippen LogP contribution < -0.4 is 15.2 Å². The van der Waals surface area contributed by atoms with Gasteiger partial charge in [0.2, 0.25) is 0 Å². The summed E-state index contributed by atoms with van der Waals surface area (Å²) in [5.74, 6) is 1.35. The van der Waals surface area contributed by atoms with E-state index < -0.39 is 0 Å². The number of nitrogens with zero attached hydrogens (tertiary/aromatic N) is 1. The van der Waals surface area contributed by atoms with Gasteiger partial charge in [-0.2, -0.15) is 0 Å². The fraction of sp³-hybridized carbons (Fsp3) is 0.133. The van der Waals surface area contributed by atoms with Crippen LogP contribution in [-0.4, -0.2) is 23.3 Å². The van der Waals surface area contributed by atoms with Crippen molar-refractivity contribution in [2.45, 2.75) is 6.61 Å². The summed E-state index contributed by atoms with van der Waals surface area (Å²) < 4.78 is 10.9. The maximum atomic E-state index is 9.33. The molecule has 0 fully saturated rings. The molecule has 2 aromatic rings. The molecule has 0 saturated heterocycles. The zero-order valence-corrected chi connectivity index (χ0v) is 11.5. The number of aliphatic hydroxyl groups excluding tert-OH is 1. The van der Waals surface area contributed by atoms with Crippen LogP contribution in [0.15, 0.2) is 47.6 Å². The minimum absolute atomic E-state index is 0.0749. The molecule has 21 heavy (non-hydrogen) atoms. The van der Waals surface area contributed by atoms with Crippen LogP contribution in [0, 0.1) is 0 Å². The van der Waals surface area contributed by atoms with Gasteiger partial charge in [0.1, 0.15) is 17.2 Å². The van der Waals surface area contributed by atoms with Crippen molar-refractivity contribution in [3.05, 3.63) is 53.6 Å². The fourth-order valence-corrected chi connectivity index (χ4v) is 1.83. The summed E-state index contributed by atoms with van der Waals surface area (Å²) in [5.41, 5.74) is 6.69. The van der Waals surface area contributed by atoms with E-state index in [2.05, 4.69) is 5.16 Å². The molecule has 0 unspecified atom stereocenters. The van der Waals surface area contributed by atoms with Crippen molar-refractivity contribution in [3.8, 4) is 17.2 Å². The van der Waals surface area contributed by atoms with Crippen molar-refractivity contribution in [3.63, 3.8) is 0 Å². The lowest BCUT2D eigenvalue weighted by molar-refractivity contribution is 0.276. The standard InChI is InChI=1S/C15H16N2O4/c1-20-11-6-7-12(15(16)17-19)14(8-11)21-13-5-3-2-4-10(13)9-18/h2-8,18-19H,9H2,1H3,(H2,16,17). The Bertz CT molecular complexity index is 656. The number of hydrogen-bond acceptors (Lipinski definition) is 5. The molecular weight excluding hydrogens is 272 g/mol. The molecule has 0 saturated carbocycles. The van der Waals surface area contributed by atoms with Crippen molar-refractivity contribution in [2.75, 3.05) is 7.11 Å². The Morgan fingerprint density at radius 3 is 2.62 bits per heavy atom. The summed E-state index contributed by atoms with van der Waals surface area (Å²) >= 11 is 0. The fourth-order valence-electron chi connectivity index (χ4n) is 1.83. The van der Waals surface area contributed by atoms with Gasteiger partial charge in [-0.25, -0.2) is 0 Å². The SMILES string of the molecule is COc1ccc(/C(N)=N/O)c(Oc2ccccc2CO)c1. The maximum absolute atomic E-state index is 9.33. The van der Waals surface area contributed by atoms with E-state index in [-0.39, 0.29) is 12.4 Å². The van der Waals surface area contributed by atoms with Gasteiger partial charge in [0.05, 0.1) is 19.3 Å². The van der Waals surface area contributed by atoms with Crippen molar-refractivity contribution in [2.24, 2.45) is 10.9 Å². The molecule has 0 heterocycles. The second-order valence-corrected chi connectivity index (χ2v) is 4.22. The third kappa shape index (κ3) is 3.24. The summed E-state index contributed by atoms with van der Waals surface area (Å²) in [6.45, 7) is -0.154. The van der Waals surface area contributed by atoms with Gasteiger partial charge in [0, 0.05) is 11.6 Å². The molecule has 0 radical (unpaired) electrons. The van der Waals surface area contributed by atoms with E-state index >= 15 is 0 Å². The molecule has 0 atom stereocenters. The zero-order valence-electron chi connectivity index (χ0n) is 11.5. The number of para-hydroxylation sites is 1. The molecule has 2 rings (SSSR count). The third-order valence-corrected chi connectivity index (χ3v) is 2.94. The highest BCUT2D eigenvalue weighted by molar-refractivity contribution is 5.99. The van der Waals surface area contributed by atoms with Gasteiger partial charge < -0.3 is 25.5 Å². The Balaban J connectivity index is 2.46. The van der Waals surface area contributed by atoms with Crippen LogP contribution in [-0.2, 0) is 6.61 Å².